The van der Waals surface area contributed by atoms with E-state index in [1.807, 2.05) is 25.1 Å². The predicted octanol–water partition coefficient (Wildman–Crippen LogP) is 5.02. The highest BCUT2D eigenvalue weighted by atomic mass is 16.5. The van der Waals surface area contributed by atoms with E-state index in [4.69, 9.17) is 4.74 Å². The van der Waals surface area contributed by atoms with Crippen LogP contribution < -0.4 is 15.5 Å². The molecule has 35 heavy (non-hydrogen) atoms. The van der Waals surface area contributed by atoms with Gasteiger partial charge < -0.3 is 20.3 Å². The van der Waals surface area contributed by atoms with Crippen LogP contribution in [-0.2, 0) is 22.6 Å². The summed E-state index contributed by atoms with van der Waals surface area (Å²) in [6.07, 6.45) is 5.92. The molecule has 0 aliphatic carbocycles. The van der Waals surface area contributed by atoms with Crippen molar-refractivity contribution in [2.24, 2.45) is 0 Å². The largest absolute Gasteiger partial charge is 0.373 e. The number of hydrogen-bond donors (Lipinski definition) is 2. The summed E-state index contributed by atoms with van der Waals surface area (Å²) >= 11 is 0. The molecule has 8 heteroatoms. The standard InChI is InChI=1S/C27H34N6O2/c1-4-6-21-9-11-22(12-10-21)17-35-23-13-15-33(16-14-23)27-29-18-28-26(32-27)31-25-8-5-7-24(19(25)2)30-20(3)34/h5,7-12,18,23H,4,6,13-17H2,1-3H3,(H,30,34)(H,28,29,31,32). The first-order valence-electron chi connectivity index (χ1n) is 12.3. The van der Waals surface area contributed by atoms with E-state index in [2.05, 4.69) is 61.7 Å². The molecule has 184 valence electrons. The van der Waals surface area contributed by atoms with Crippen LogP contribution in [0.3, 0.4) is 0 Å². The normalized spacial score (nSPS) is 14.1. The van der Waals surface area contributed by atoms with Crippen LogP contribution in [0.1, 0.15) is 49.8 Å². The number of aryl methyl sites for hydroxylation is 1. The van der Waals surface area contributed by atoms with E-state index in [-0.39, 0.29) is 12.0 Å². The third kappa shape index (κ3) is 6.76. The fraction of sp³-hybridized carbons (Fsp3) is 0.407. The Bertz CT molecular complexity index is 1130. The second-order valence-corrected chi connectivity index (χ2v) is 8.96. The molecule has 1 aromatic heterocycles. The van der Waals surface area contributed by atoms with Crippen LogP contribution in [0.5, 0.6) is 0 Å². The molecule has 1 saturated heterocycles. The zero-order valence-electron chi connectivity index (χ0n) is 20.8. The number of nitrogens with one attached hydrogen (secondary N) is 2. The quantitative estimate of drug-likeness (QED) is 0.450. The van der Waals surface area contributed by atoms with Gasteiger partial charge in [0.25, 0.3) is 0 Å². The van der Waals surface area contributed by atoms with Gasteiger partial charge in [-0.1, -0.05) is 43.7 Å². The van der Waals surface area contributed by atoms with Crippen molar-refractivity contribution >= 4 is 29.2 Å². The van der Waals surface area contributed by atoms with Gasteiger partial charge in [0.1, 0.15) is 6.33 Å². The number of hydrogen-bond acceptors (Lipinski definition) is 7. The lowest BCUT2D eigenvalue weighted by atomic mass is 10.1. The Morgan fingerprint density at radius 1 is 1.06 bits per heavy atom. The van der Waals surface area contributed by atoms with Gasteiger partial charge in [-0.25, -0.2) is 9.97 Å². The molecule has 8 nitrogen and oxygen atoms in total. The highest BCUT2D eigenvalue weighted by Crippen LogP contribution is 2.26. The number of ether oxygens (including phenoxy) is 1. The van der Waals surface area contributed by atoms with E-state index >= 15 is 0 Å². The van der Waals surface area contributed by atoms with Gasteiger partial charge in [-0.05, 0) is 55.0 Å². The molecule has 1 aliphatic heterocycles. The lowest BCUT2D eigenvalue weighted by Crippen LogP contribution is -2.38. The van der Waals surface area contributed by atoms with E-state index in [0.717, 1.165) is 49.3 Å². The van der Waals surface area contributed by atoms with Gasteiger partial charge in [0.2, 0.25) is 17.8 Å². The lowest BCUT2D eigenvalue weighted by molar-refractivity contribution is -0.114. The first-order valence-corrected chi connectivity index (χ1v) is 12.3. The van der Waals surface area contributed by atoms with Crippen LogP contribution in [0.25, 0.3) is 0 Å². The topological polar surface area (TPSA) is 92.3 Å². The molecule has 0 unspecified atom stereocenters. The molecular formula is C27H34N6O2. The molecule has 0 atom stereocenters. The molecule has 0 spiro atoms. The number of aromatic nitrogens is 3. The van der Waals surface area contributed by atoms with Crippen molar-refractivity contribution < 1.29 is 9.53 Å². The number of benzene rings is 2. The van der Waals surface area contributed by atoms with Crippen LogP contribution in [0, 0.1) is 6.92 Å². The van der Waals surface area contributed by atoms with Gasteiger partial charge in [0.05, 0.1) is 12.7 Å². The summed E-state index contributed by atoms with van der Waals surface area (Å²) in [4.78, 5) is 26.9. The monoisotopic (exact) mass is 474 g/mol. The molecule has 0 radical (unpaired) electrons. The average molecular weight is 475 g/mol. The fourth-order valence-electron chi connectivity index (χ4n) is 4.24. The highest BCUT2D eigenvalue weighted by molar-refractivity contribution is 5.90. The zero-order valence-corrected chi connectivity index (χ0v) is 20.8. The zero-order chi connectivity index (χ0) is 24.6. The Morgan fingerprint density at radius 3 is 2.49 bits per heavy atom. The Labute approximate surface area is 207 Å². The number of amides is 1. The van der Waals surface area contributed by atoms with Gasteiger partial charge in [-0.3, -0.25) is 4.79 Å². The van der Waals surface area contributed by atoms with E-state index in [9.17, 15) is 4.79 Å². The van der Waals surface area contributed by atoms with E-state index in [1.54, 1.807) is 0 Å². The number of nitrogens with zero attached hydrogens (tertiary/aromatic N) is 4. The molecule has 2 aromatic carbocycles. The van der Waals surface area contributed by atoms with Crippen molar-refractivity contribution in [1.82, 2.24) is 15.0 Å². The van der Waals surface area contributed by atoms with Gasteiger partial charge in [-0.2, -0.15) is 4.98 Å². The average Bonchev–Trinajstić information content (AvgIpc) is 2.86. The van der Waals surface area contributed by atoms with E-state index < -0.39 is 0 Å². The van der Waals surface area contributed by atoms with E-state index in [1.165, 1.54) is 30.8 Å². The van der Waals surface area contributed by atoms with Crippen LogP contribution in [0.2, 0.25) is 0 Å². The summed E-state index contributed by atoms with van der Waals surface area (Å²) in [5.41, 5.74) is 5.12. The number of carbonyl (C=O) groups is 1. The summed E-state index contributed by atoms with van der Waals surface area (Å²) in [6.45, 7) is 7.96. The maximum Gasteiger partial charge on any atom is 0.232 e. The molecule has 1 aliphatic rings. The Kier molecular flexibility index (Phi) is 8.26. The lowest BCUT2D eigenvalue weighted by Gasteiger charge is -2.32. The number of anilines is 4. The minimum Gasteiger partial charge on any atom is -0.373 e. The van der Waals surface area contributed by atoms with Gasteiger partial charge in [0, 0.05) is 31.4 Å². The summed E-state index contributed by atoms with van der Waals surface area (Å²) in [5, 5.41) is 6.10. The minimum atomic E-state index is -0.107. The van der Waals surface area contributed by atoms with Gasteiger partial charge in [0.15, 0.2) is 0 Å². The van der Waals surface area contributed by atoms with Crippen molar-refractivity contribution in [1.29, 1.82) is 0 Å². The van der Waals surface area contributed by atoms with Gasteiger partial charge in [-0.15, -0.1) is 0 Å². The molecule has 0 bridgehead atoms. The number of piperidine rings is 1. The van der Waals surface area contributed by atoms with E-state index in [0.29, 0.717) is 18.5 Å². The molecule has 4 rings (SSSR count). The maximum atomic E-state index is 11.4. The second kappa shape index (κ2) is 11.8. The first-order chi connectivity index (χ1) is 17.0. The Hall–Kier alpha value is -3.52. The Morgan fingerprint density at radius 2 is 1.77 bits per heavy atom. The number of carbonyl (C=O) groups excluding carboxylic acids is 1. The van der Waals surface area contributed by atoms with Crippen LogP contribution in [-0.4, -0.2) is 40.1 Å². The molecule has 1 fully saturated rings. The maximum absolute atomic E-state index is 11.4. The Balaban J connectivity index is 1.31. The molecule has 0 saturated carbocycles. The van der Waals surface area contributed by atoms with Crippen LogP contribution in [0.15, 0.2) is 48.8 Å². The first kappa shape index (κ1) is 24.6. The third-order valence-electron chi connectivity index (χ3n) is 6.22. The van der Waals surface area contributed by atoms with Crippen molar-refractivity contribution in [3.8, 4) is 0 Å². The van der Waals surface area contributed by atoms with Gasteiger partial charge >= 0.3 is 0 Å². The second-order valence-electron chi connectivity index (χ2n) is 8.96. The highest BCUT2D eigenvalue weighted by Gasteiger charge is 2.22. The summed E-state index contributed by atoms with van der Waals surface area (Å²) in [7, 11) is 0. The summed E-state index contributed by atoms with van der Waals surface area (Å²) < 4.78 is 6.19. The minimum absolute atomic E-state index is 0.107. The number of rotatable bonds is 9. The molecule has 3 aromatic rings. The molecule has 1 amide bonds. The fourth-order valence-corrected chi connectivity index (χ4v) is 4.24. The molecule has 2 heterocycles. The SMILES string of the molecule is CCCc1ccc(COC2CCN(c3ncnc(Nc4cccc(NC(C)=O)c4C)n3)CC2)cc1. The molecule has 2 N–H and O–H groups in total. The van der Waals surface area contributed by atoms with Crippen molar-refractivity contribution in [2.75, 3.05) is 28.6 Å². The molecular weight excluding hydrogens is 440 g/mol. The summed E-state index contributed by atoms with van der Waals surface area (Å²) in [6, 6.07) is 14.4. The predicted molar refractivity (Wildman–Crippen MR) is 139 cm³/mol. The van der Waals surface area contributed by atoms with Crippen molar-refractivity contribution in [2.45, 2.75) is 59.2 Å². The van der Waals surface area contributed by atoms with Crippen molar-refractivity contribution in [3.63, 3.8) is 0 Å². The third-order valence-corrected chi connectivity index (χ3v) is 6.22. The summed E-state index contributed by atoms with van der Waals surface area (Å²) in [5.74, 6) is 1.02. The van der Waals surface area contributed by atoms with Crippen LogP contribution >= 0.6 is 0 Å². The van der Waals surface area contributed by atoms with Crippen LogP contribution in [0.4, 0.5) is 23.3 Å². The smallest absolute Gasteiger partial charge is 0.232 e. The van der Waals surface area contributed by atoms with Crippen molar-refractivity contribution in [3.05, 3.63) is 65.5 Å².